The molecule has 1 N–H and O–H groups in total. The third-order valence-electron chi connectivity index (χ3n) is 6.60. The van der Waals surface area contributed by atoms with E-state index in [-0.39, 0.29) is 35.8 Å². The molecule has 2 aliphatic carbocycles. The number of urea groups is 1. The molecule has 3 amide bonds. The van der Waals surface area contributed by atoms with Crippen LogP contribution in [0.4, 0.5) is 18.0 Å². The molecular weight excluding hydrogens is 529 g/mol. The first-order valence-electron chi connectivity index (χ1n) is 11.6. The van der Waals surface area contributed by atoms with Gasteiger partial charge >= 0.3 is 18.1 Å². The van der Waals surface area contributed by atoms with Crippen LogP contribution in [0.15, 0.2) is 40.5 Å². The highest BCUT2D eigenvalue weighted by Crippen LogP contribution is 2.36. The van der Waals surface area contributed by atoms with Crippen LogP contribution in [0.1, 0.15) is 42.6 Å². The minimum atomic E-state index is -4.69. The van der Waals surface area contributed by atoms with Gasteiger partial charge in [-0.3, -0.25) is 4.68 Å². The van der Waals surface area contributed by atoms with Crippen LogP contribution in [0.25, 0.3) is 0 Å². The van der Waals surface area contributed by atoms with Gasteiger partial charge in [0.1, 0.15) is 23.1 Å². The summed E-state index contributed by atoms with van der Waals surface area (Å²) in [6.07, 6.45) is 0.596. The number of carbonyl (C=O) groups excluding carboxylic acids is 2. The number of halogens is 3. The van der Waals surface area contributed by atoms with E-state index in [1.807, 2.05) is 0 Å². The van der Waals surface area contributed by atoms with Crippen LogP contribution in [-0.4, -0.2) is 61.3 Å². The number of aromatic nitrogens is 3. The van der Waals surface area contributed by atoms with Crippen molar-refractivity contribution in [2.75, 3.05) is 0 Å². The molecule has 2 aromatic heterocycles. The minimum Gasteiger partial charge on any atom is -0.357 e. The number of alkyl halides is 3. The second-order valence-corrected chi connectivity index (χ2v) is 11.7. The lowest BCUT2D eigenvalue weighted by molar-refractivity contribution is -0.454. The van der Waals surface area contributed by atoms with E-state index in [2.05, 4.69) is 15.0 Å². The molecule has 1 atom stereocenters. The number of nitrogens with one attached hydrogen (secondary N) is 1. The van der Waals surface area contributed by atoms with Gasteiger partial charge in [0, 0.05) is 18.7 Å². The zero-order chi connectivity index (χ0) is 27.6. The second kappa shape index (κ2) is 8.73. The summed E-state index contributed by atoms with van der Waals surface area (Å²) in [7, 11) is -2.59. The van der Waals surface area contributed by atoms with Gasteiger partial charge in [-0.05, 0) is 44.9 Å². The summed E-state index contributed by atoms with van der Waals surface area (Å²) in [4.78, 5) is 27.8. The number of hydrogen-bond acceptors (Lipinski definition) is 7. The van der Waals surface area contributed by atoms with Gasteiger partial charge in [-0.1, -0.05) is 11.2 Å². The molecule has 0 aromatic carbocycles. The molecule has 5 rings (SSSR count). The Hall–Kier alpha value is -3.59. The van der Waals surface area contributed by atoms with E-state index in [9.17, 15) is 31.2 Å². The van der Waals surface area contributed by atoms with Crippen molar-refractivity contribution >= 4 is 27.7 Å². The van der Waals surface area contributed by atoms with E-state index >= 15 is 0 Å². The van der Waals surface area contributed by atoms with E-state index in [4.69, 9.17) is 4.52 Å². The number of aryl methyl sites for hydroxylation is 2. The Balaban J connectivity index is 1.56. The number of fused-ring (bicyclic) bond motifs is 1. The van der Waals surface area contributed by atoms with Gasteiger partial charge < -0.3 is 4.52 Å². The Morgan fingerprint density at radius 1 is 1.26 bits per heavy atom. The minimum absolute atomic E-state index is 0.0498. The average Bonchev–Trinajstić information content (AvgIpc) is 3.20. The maximum absolute atomic E-state index is 13.5. The summed E-state index contributed by atoms with van der Waals surface area (Å²) < 4.78 is 75.6. The molecule has 15 heteroatoms. The zero-order valence-corrected chi connectivity index (χ0v) is 21.4. The number of sulfonamides is 1. The third-order valence-corrected chi connectivity index (χ3v) is 8.39. The molecule has 1 aliphatic heterocycles. The fourth-order valence-electron chi connectivity index (χ4n) is 4.27. The molecule has 202 valence electrons. The SMILES string of the molecule is Cc1cc(CN2C(=O)C3=CC(S(=O)(=O)NC4(C)CC4)C=CC3=[N+](Cc3cc(C(F)(F)F)nn3C)C2=O)on1. The Bertz CT molecular complexity index is 1540. The Morgan fingerprint density at radius 3 is 2.55 bits per heavy atom. The van der Waals surface area contributed by atoms with Crippen LogP contribution < -0.4 is 4.72 Å². The molecule has 3 heterocycles. The van der Waals surface area contributed by atoms with Crippen molar-refractivity contribution in [2.45, 2.75) is 56.7 Å². The standard InChI is InChI=1S/C23H24F3N6O5S/c1-13-8-15(37-28-13)12-32-20(33)17-10-16(38(35,36)29-22(2)6-7-22)4-5-18(17)31(21(32)34)11-14-9-19(23(24,25)26)27-30(14)3/h4-5,8-10,16,29H,6-7,11-12H2,1-3H3/q+1. The summed E-state index contributed by atoms with van der Waals surface area (Å²) in [5, 5.41) is 6.04. The van der Waals surface area contributed by atoms with E-state index in [0.717, 1.165) is 20.2 Å². The number of nitrogens with zero attached hydrogens (tertiary/aromatic N) is 5. The van der Waals surface area contributed by atoms with Crippen LogP contribution in [0.3, 0.4) is 0 Å². The maximum Gasteiger partial charge on any atom is 0.502 e. The second-order valence-electron chi connectivity index (χ2n) is 9.83. The summed E-state index contributed by atoms with van der Waals surface area (Å²) in [5.74, 6) is -0.564. The molecule has 0 spiro atoms. The summed E-state index contributed by atoms with van der Waals surface area (Å²) in [5.41, 5.74) is -1.10. The maximum atomic E-state index is 13.5. The number of rotatable bonds is 7. The molecule has 1 unspecified atom stereocenters. The molecule has 0 radical (unpaired) electrons. The molecule has 0 bridgehead atoms. The van der Waals surface area contributed by atoms with Gasteiger partial charge in [-0.15, -0.1) is 4.90 Å². The molecule has 0 saturated heterocycles. The molecule has 38 heavy (non-hydrogen) atoms. The van der Waals surface area contributed by atoms with Crippen molar-refractivity contribution in [2.24, 2.45) is 7.05 Å². The lowest BCUT2D eigenvalue weighted by Gasteiger charge is -2.26. The third kappa shape index (κ3) is 4.82. The van der Waals surface area contributed by atoms with Crippen LogP contribution in [0.2, 0.25) is 0 Å². The topological polar surface area (TPSA) is 130 Å². The molecule has 11 nitrogen and oxygen atoms in total. The number of allylic oxidation sites excluding steroid dienone is 1. The summed E-state index contributed by atoms with van der Waals surface area (Å²) in [6.45, 7) is 2.76. The van der Waals surface area contributed by atoms with Crippen LogP contribution in [-0.2, 0) is 41.1 Å². The first-order chi connectivity index (χ1) is 17.7. The molecular formula is C23H24F3N6O5S+. The Morgan fingerprint density at radius 2 is 1.97 bits per heavy atom. The van der Waals surface area contributed by atoms with Gasteiger partial charge in [0.15, 0.2) is 18.0 Å². The zero-order valence-electron chi connectivity index (χ0n) is 20.6. The number of hydrogen-bond donors (Lipinski definition) is 1. The largest absolute Gasteiger partial charge is 0.502 e. The monoisotopic (exact) mass is 553 g/mol. The highest BCUT2D eigenvalue weighted by atomic mass is 32.2. The predicted molar refractivity (Wildman–Crippen MR) is 125 cm³/mol. The average molecular weight is 554 g/mol. The summed E-state index contributed by atoms with van der Waals surface area (Å²) in [6, 6.07) is 1.53. The van der Waals surface area contributed by atoms with Gasteiger partial charge in [0.25, 0.3) is 0 Å². The quantitative estimate of drug-likeness (QED) is 0.520. The van der Waals surface area contributed by atoms with Gasteiger partial charge in [0.05, 0.1) is 11.4 Å². The first-order valence-corrected chi connectivity index (χ1v) is 13.2. The number of carbonyl (C=O) groups is 2. The highest BCUT2D eigenvalue weighted by Gasteiger charge is 2.48. The molecule has 1 saturated carbocycles. The van der Waals surface area contributed by atoms with Crippen LogP contribution in [0.5, 0.6) is 0 Å². The van der Waals surface area contributed by atoms with Crippen molar-refractivity contribution in [1.82, 2.24) is 24.6 Å². The molecule has 2 aromatic rings. The fraction of sp³-hybridized carbons (Fsp3) is 0.435. The summed E-state index contributed by atoms with van der Waals surface area (Å²) >= 11 is 0. The van der Waals surface area contributed by atoms with Gasteiger partial charge in [-0.25, -0.2) is 17.9 Å². The van der Waals surface area contributed by atoms with Crippen molar-refractivity contribution in [3.63, 3.8) is 0 Å². The highest BCUT2D eigenvalue weighted by molar-refractivity contribution is 7.90. The van der Waals surface area contributed by atoms with Crippen LogP contribution >= 0.6 is 0 Å². The van der Waals surface area contributed by atoms with E-state index in [1.54, 1.807) is 13.8 Å². The van der Waals surface area contributed by atoms with E-state index in [1.165, 1.54) is 31.3 Å². The number of imide groups is 1. The first kappa shape index (κ1) is 26.0. The Kier molecular flexibility index (Phi) is 5.98. The molecule has 3 aliphatic rings. The van der Waals surface area contributed by atoms with Crippen LogP contribution in [0, 0.1) is 6.92 Å². The lowest BCUT2D eigenvalue weighted by Crippen LogP contribution is -2.51. The van der Waals surface area contributed by atoms with Crippen molar-refractivity contribution < 1.29 is 40.3 Å². The van der Waals surface area contributed by atoms with E-state index in [0.29, 0.717) is 18.5 Å². The predicted octanol–water partition coefficient (Wildman–Crippen LogP) is 2.19. The van der Waals surface area contributed by atoms with Crippen molar-refractivity contribution in [3.05, 3.63) is 58.8 Å². The van der Waals surface area contributed by atoms with E-state index < -0.39 is 44.6 Å². The lowest BCUT2D eigenvalue weighted by atomic mass is 9.99. The van der Waals surface area contributed by atoms with Crippen molar-refractivity contribution in [1.29, 1.82) is 0 Å². The van der Waals surface area contributed by atoms with Gasteiger partial charge in [-0.2, -0.15) is 27.6 Å². The molecule has 1 fully saturated rings. The fourth-order valence-corrected chi connectivity index (χ4v) is 5.89. The van der Waals surface area contributed by atoms with Gasteiger partial charge in [0.2, 0.25) is 10.0 Å². The smallest absolute Gasteiger partial charge is 0.357 e. The van der Waals surface area contributed by atoms with Crippen molar-refractivity contribution in [3.8, 4) is 0 Å². The normalized spacial score (nSPS) is 21.2. The Labute approximate surface area is 215 Å². The number of amides is 3.